The van der Waals surface area contributed by atoms with Crippen LogP contribution in [0.3, 0.4) is 0 Å². The summed E-state index contributed by atoms with van der Waals surface area (Å²) in [7, 11) is 0. The number of aromatic nitrogens is 6. The Hall–Kier alpha value is -6.50. The highest BCUT2D eigenvalue weighted by Crippen LogP contribution is 2.36. The van der Waals surface area contributed by atoms with Crippen molar-refractivity contribution in [2.24, 2.45) is 5.41 Å². The van der Waals surface area contributed by atoms with Crippen LogP contribution in [0.4, 0.5) is 26.2 Å². The number of piperidine rings is 1. The number of hydrogen-bond donors (Lipinski definition) is 3. The maximum absolute atomic E-state index is 14.2. The van der Waals surface area contributed by atoms with Gasteiger partial charge in [0.2, 0.25) is 11.8 Å². The molecule has 1 aromatic carbocycles. The molecule has 3 N–H and O–H groups in total. The van der Waals surface area contributed by atoms with E-state index in [1.54, 1.807) is 44.6 Å². The third-order valence-electron chi connectivity index (χ3n) is 12.5. The number of pyridine rings is 1. The van der Waals surface area contributed by atoms with Crippen LogP contribution in [0.15, 0.2) is 72.9 Å². The number of likely N-dealkylation sites (tertiary alicyclic amines) is 2. The molecule has 0 aliphatic carbocycles. The molecule has 5 aromatic rings. The van der Waals surface area contributed by atoms with E-state index in [9.17, 15) is 28.0 Å². The van der Waals surface area contributed by atoms with Crippen molar-refractivity contribution in [2.45, 2.75) is 96.7 Å². The van der Waals surface area contributed by atoms with Crippen LogP contribution in [0.2, 0.25) is 0 Å². The predicted molar refractivity (Wildman–Crippen MR) is 246 cm³/mol. The fourth-order valence-corrected chi connectivity index (χ4v) is 9.59. The van der Waals surface area contributed by atoms with E-state index in [4.69, 9.17) is 0 Å². The van der Waals surface area contributed by atoms with Crippen LogP contribution in [-0.4, -0.2) is 114 Å². The summed E-state index contributed by atoms with van der Waals surface area (Å²) in [6.07, 6.45) is 9.23. The summed E-state index contributed by atoms with van der Waals surface area (Å²) in [4.78, 5) is 87.1. The Morgan fingerprint density at radius 2 is 1.61 bits per heavy atom. The summed E-state index contributed by atoms with van der Waals surface area (Å²) in [5.74, 6) is -3.00. The molecule has 4 amide bonds. The minimum atomic E-state index is -2.80. The Morgan fingerprint density at radius 3 is 2.24 bits per heavy atom. The molecule has 8 rings (SSSR count). The maximum atomic E-state index is 14.2. The van der Waals surface area contributed by atoms with Crippen LogP contribution >= 0.6 is 11.3 Å². The van der Waals surface area contributed by atoms with Crippen LogP contribution in [0, 0.1) is 12.3 Å². The van der Waals surface area contributed by atoms with Crippen molar-refractivity contribution in [3.8, 4) is 10.4 Å². The standard InChI is InChI=1S/C47H54F2N12O4S/c1-28(30-8-10-32(11-9-30)40-29(2)54-27-66-40)55-43(63)36-7-6-17-61(36)45(65)41(46(3,4)5)58-42(62)34-23-53-35(24-52-34)44(64)59-18-12-31(13-19-59)33-21-37(56-38-25-50-15-16-51-38)57-39(22-33)60-20-14-47(48,49)26-60/h8-11,15-16,21-25,27-28,31,36,41H,6-7,12-14,17-20,26H2,1-5H3,(H,55,63)(H,58,62)(H,51,56,57). The second-order valence-electron chi connectivity index (χ2n) is 18.3. The Labute approximate surface area is 386 Å². The molecule has 0 saturated carbocycles. The van der Waals surface area contributed by atoms with Gasteiger partial charge in [-0.1, -0.05) is 45.0 Å². The number of hydrogen-bond acceptors (Lipinski definition) is 13. The summed E-state index contributed by atoms with van der Waals surface area (Å²) in [6.45, 7) is 10.4. The fraction of sp³-hybridized carbons (Fsp3) is 0.447. The second kappa shape index (κ2) is 19.1. The molecular weight excluding hydrogens is 867 g/mol. The third-order valence-corrected chi connectivity index (χ3v) is 13.5. The van der Waals surface area contributed by atoms with E-state index in [0.29, 0.717) is 62.8 Å². The number of amides is 4. The van der Waals surface area contributed by atoms with Gasteiger partial charge in [-0.25, -0.2) is 33.7 Å². The topological polar surface area (TPSA) is 191 Å². The van der Waals surface area contributed by atoms with Crippen molar-refractivity contribution in [3.05, 3.63) is 101 Å². The normalized spacial score (nSPS) is 18.5. The lowest BCUT2D eigenvalue weighted by Gasteiger charge is -2.35. The number of nitrogens with zero attached hydrogens (tertiary/aromatic N) is 9. The van der Waals surface area contributed by atoms with Crippen molar-refractivity contribution in [1.29, 1.82) is 0 Å². The summed E-state index contributed by atoms with van der Waals surface area (Å²) in [5, 5.41) is 9.09. The Bertz CT molecular complexity index is 2550. The number of carbonyl (C=O) groups is 4. The minimum absolute atomic E-state index is 0.0216. The molecule has 3 aliphatic rings. The number of carbonyl (C=O) groups excluding carboxylic acids is 4. The van der Waals surface area contributed by atoms with Gasteiger partial charge in [0.05, 0.1) is 47.3 Å². The number of anilines is 3. The molecule has 346 valence electrons. The van der Waals surface area contributed by atoms with Gasteiger partial charge < -0.3 is 30.7 Å². The van der Waals surface area contributed by atoms with E-state index in [-0.39, 0.29) is 54.0 Å². The molecule has 19 heteroatoms. The average Bonchev–Trinajstić information content (AvgIpc) is 4.07. The van der Waals surface area contributed by atoms with Crippen LogP contribution in [0.5, 0.6) is 0 Å². The number of thiazole rings is 1. The number of rotatable bonds is 12. The molecule has 16 nitrogen and oxygen atoms in total. The molecule has 66 heavy (non-hydrogen) atoms. The van der Waals surface area contributed by atoms with E-state index < -0.39 is 35.9 Å². The molecule has 0 bridgehead atoms. The fourth-order valence-electron chi connectivity index (χ4n) is 8.78. The van der Waals surface area contributed by atoms with Gasteiger partial charge in [-0.3, -0.25) is 24.2 Å². The first-order valence-corrected chi connectivity index (χ1v) is 23.1. The minimum Gasteiger partial charge on any atom is -0.350 e. The molecule has 3 fully saturated rings. The summed E-state index contributed by atoms with van der Waals surface area (Å²) in [6, 6.07) is 9.75. The van der Waals surface area contributed by atoms with Crippen LogP contribution in [-0.2, 0) is 9.59 Å². The summed E-state index contributed by atoms with van der Waals surface area (Å²) < 4.78 is 28.4. The number of alkyl halides is 2. The first-order chi connectivity index (χ1) is 31.5. The monoisotopic (exact) mass is 920 g/mol. The molecule has 3 aliphatic heterocycles. The first kappa shape index (κ1) is 46.0. The van der Waals surface area contributed by atoms with E-state index in [1.807, 2.05) is 76.5 Å². The Balaban J connectivity index is 0.873. The lowest BCUT2D eigenvalue weighted by molar-refractivity contribution is -0.142. The molecular formula is C47H54F2N12O4S. The maximum Gasteiger partial charge on any atom is 0.274 e. The van der Waals surface area contributed by atoms with Gasteiger partial charge in [0, 0.05) is 45.0 Å². The highest BCUT2D eigenvalue weighted by molar-refractivity contribution is 7.13. The van der Waals surface area contributed by atoms with Gasteiger partial charge in [-0.05, 0) is 79.7 Å². The van der Waals surface area contributed by atoms with Crippen LogP contribution in [0.1, 0.15) is 110 Å². The lowest BCUT2D eigenvalue weighted by atomic mass is 9.85. The average molecular weight is 921 g/mol. The highest BCUT2D eigenvalue weighted by atomic mass is 32.1. The van der Waals surface area contributed by atoms with E-state index in [1.165, 1.54) is 12.4 Å². The van der Waals surface area contributed by atoms with Crippen molar-refractivity contribution in [2.75, 3.05) is 42.9 Å². The molecule has 3 atom stereocenters. The zero-order valence-corrected chi connectivity index (χ0v) is 38.4. The predicted octanol–water partition coefficient (Wildman–Crippen LogP) is 6.72. The van der Waals surface area contributed by atoms with E-state index in [2.05, 4.69) is 45.9 Å². The van der Waals surface area contributed by atoms with E-state index >= 15 is 0 Å². The molecule has 4 aromatic heterocycles. The largest absolute Gasteiger partial charge is 0.350 e. The van der Waals surface area contributed by atoms with Crippen molar-refractivity contribution < 1.29 is 28.0 Å². The van der Waals surface area contributed by atoms with E-state index in [0.717, 1.165) is 27.3 Å². The molecule has 0 radical (unpaired) electrons. The number of halogens is 2. The quantitative estimate of drug-likeness (QED) is 0.120. The van der Waals surface area contributed by atoms with Gasteiger partial charge in [0.25, 0.3) is 17.7 Å². The van der Waals surface area contributed by atoms with Crippen molar-refractivity contribution >= 4 is 52.4 Å². The molecule has 3 saturated heterocycles. The van der Waals surface area contributed by atoms with Gasteiger partial charge in [0.15, 0.2) is 0 Å². The SMILES string of the molecule is Cc1ncsc1-c1ccc(C(C)NC(=O)C2CCCN2C(=O)C(NC(=O)c2cnc(C(=O)N3CCC(c4cc(Nc5cnccn5)nc(N5CCC(F)(F)C5)c4)CC3)cn2)C(C)(C)C)cc1. The van der Waals surface area contributed by atoms with Crippen molar-refractivity contribution in [1.82, 2.24) is 50.3 Å². The molecule has 3 unspecified atom stereocenters. The van der Waals surface area contributed by atoms with Gasteiger partial charge in [-0.15, -0.1) is 11.3 Å². The zero-order chi connectivity index (χ0) is 46.8. The Kier molecular flexibility index (Phi) is 13.4. The summed E-state index contributed by atoms with van der Waals surface area (Å²) in [5.41, 5.74) is 4.96. The number of aryl methyl sites for hydroxylation is 1. The van der Waals surface area contributed by atoms with Crippen molar-refractivity contribution in [3.63, 3.8) is 0 Å². The zero-order valence-electron chi connectivity index (χ0n) is 37.6. The number of nitrogens with one attached hydrogen (secondary N) is 3. The Morgan fingerprint density at radius 1 is 0.864 bits per heavy atom. The summed E-state index contributed by atoms with van der Waals surface area (Å²) >= 11 is 1.58. The third kappa shape index (κ3) is 10.5. The van der Waals surface area contributed by atoms with Gasteiger partial charge in [0.1, 0.15) is 40.9 Å². The van der Waals surface area contributed by atoms with Crippen LogP contribution in [0.25, 0.3) is 10.4 Å². The van der Waals surface area contributed by atoms with Gasteiger partial charge in [-0.2, -0.15) is 0 Å². The molecule has 7 heterocycles. The second-order valence-corrected chi connectivity index (χ2v) is 19.2. The number of benzene rings is 1. The lowest BCUT2D eigenvalue weighted by Crippen LogP contribution is -2.57. The smallest absolute Gasteiger partial charge is 0.274 e. The first-order valence-electron chi connectivity index (χ1n) is 22.2. The van der Waals surface area contributed by atoms with Gasteiger partial charge >= 0.3 is 0 Å². The van der Waals surface area contributed by atoms with Crippen LogP contribution < -0.4 is 20.9 Å². The molecule has 0 spiro atoms. The highest BCUT2D eigenvalue weighted by Gasteiger charge is 2.43.